The Hall–Kier alpha value is -2.11. The van der Waals surface area contributed by atoms with Gasteiger partial charge in [-0.1, -0.05) is 12.1 Å². The van der Waals surface area contributed by atoms with Gasteiger partial charge in [0.2, 0.25) is 0 Å². The van der Waals surface area contributed by atoms with Crippen LogP contribution in [0.25, 0.3) is 0 Å². The van der Waals surface area contributed by atoms with Gasteiger partial charge in [-0.3, -0.25) is 9.89 Å². The largest absolute Gasteiger partial charge is 0.361 e. The summed E-state index contributed by atoms with van der Waals surface area (Å²) in [5.41, 5.74) is 4.57. The summed E-state index contributed by atoms with van der Waals surface area (Å²) < 4.78 is 5.16. The van der Waals surface area contributed by atoms with Gasteiger partial charge in [0.25, 0.3) is 5.91 Å². The van der Waals surface area contributed by atoms with Gasteiger partial charge in [-0.25, -0.2) is 0 Å². The predicted molar refractivity (Wildman–Crippen MR) is 81.6 cm³/mol. The molecule has 0 fully saturated rings. The highest BCUT2D eigenvalue weighted by atomic mass is 16.5. The first-order chi connectivity index (χ1) is 10.5. The van der Waals surface area contributed by atoms with Crippen molar-refractivity contribution in [2.45, 2.75) is 46.6 Å². The average molecular weight is 302 g/mol. The van der Waals surface area contributed by atoms with E-state index in [0.717, 1.165) is 47.5 Å². The fourth-order valence-electron chi connectivity index (χ4n) is 3.06. The third kappa shape index (κ3) is 2.53. The van der Waals surface area contributed by atoms with Crippen molar-refractivity contribution in [1.29, 1.82) is 0 Å². The van der Waals surface area contributed by atoms with Crippen molar-refractivity contribution >= 4 is 5.91 Å². The topological polar surface area (TPSA) is 75.0 Å². The highest BCUT2D eigenvalue weighted by Gasteiger charge is 2.27. The van der Waals surface area contributed by atoms with E-state index in [4.69, 9.17) is 4.52 Å². The number of hydrogen-bond donors (Lipinski definition) is 1. The van der Waals surface area contributed by atoms with E-state index in [1.54, 1.807) is 11.9 Å². The Balaban J connectivity index is 1.81. The number of fused-ring (bicyclic) bond motifs is 1. The van der Waals surface area contributed by atoms with Crippen LogP contribution in [0.4, 0.5) is 0 Å². The third-order valence-electron chi connectivity index (χ3n) is 4.52. The standard InChI is InChI=1S/C16H22N4O2/c1-9-5-6-14-12(7-9)15(18-17-14)16(21)20(4)8-13-10(2)19-22-11(13)3/h9H,5-8H2,1-4H3,(H,17,18)/t9-/m1/s1. The number of aryl methyl sites for hydroxylation is 3. The molecule has 1 amide bonds. The molecule has 1 N–H and O–H groups in total. The van der Waals surface area contributed by atoms with Crippen molar-refractivity contribution in [2.75, 3.05) is 7.05 Å². The Labute approximate surface area is 129 Å². The van der Waals surface area contributed by atoms with E-state index in [1.807, 2.05) is 13.8 Å². The van der Waals surface area contributed by atoms with Gasteiger partial charge in [0, 0.05) is 23.9 Å². The predicted octanol–water partition coefficient (Wildman–Crippen LogP) is 2.41. The van der Waals surface area contributed by atoms with E-state index in [1.165, 1.54) is 0 Å². The van der Waals surface area contributed by atoms with Crippen LogP contribution in [0.15, 0.2) is 4.52 Å². The van der Waals surface area contributed by atoms with Gasteiger partial charge in [0.1, 0.15) is 5.76 Å². The number of hydrogen-bond acceptors (Lipinski definition) is 4. The number of aromatic amines is 1. The van der Waals surface area contributed by atoms with Crippen molar-refractivity contribution in [1.82, 2.24) is 20.3 Å². The number of aromatic nitrogens is 3. The molecule has 1 aliphatic carbocycles. The number of rotatable bonds is 3. The lowest BCUT2D eigenvalue weighted by molar-refractivity contribution is 0.0777. The molecule has 3 rings (SSSR count). The zero-order valence-corrected chi connectivity index (χ0v) is 13.6. The van der Waals surface area contributed by atoms with Crippen molar-refractivity contribution < 1.29 is 9.32 Å². The Morgan fingerprint density at radius 2 is 2.23 bits per heavy atom. The molecular formula is C16H22N4O2. The van der Waals surface area contributed by atoms with Gasteiger partial charge in [0.05, 0.1) is 12.2 Å². The molecule has 0 radical (unpaired) electrons. The molecule has 6 heteroatoms. The number of nitrogens with zero attached hydrogens (tertiary/aromatic N) is 3. The molecule has 0 aliphatic heterocycles. The van der Waals surface area contributed by atoms with Gasteiger partial charge < -0.3 is 9.42 Å². The van der Waals surface area contributed by atoms with Crippen molar-refractivity contribution in [3.05, 3.63) is 34.0 Å². The Morgan fingerprint density at radius 1 is 1.45 bits per heavy atom. The highest BCUT2D eigenvalue weighted by Crippen LogP contribution is 2.27. The van der Waals surface area contributed by atoms with Crippen LogP contribution >= 0.6 is 0 Å². The van der Waals surface area contributed by atoms with Gasteiger partial charge in [-0.2, -0.15) is 5.10 Å². The number of carbonyl (C=O) groups is 1. The van der Waals surface area contributed by atoms with E-state index in [9.17, 15) is 4.79 Å². The molecule has 118 valence electrons. The molecule has 0 bridgehead atoms. The van der Waals surface area contributed by atoms with Crippen LogP contribution in [0.1, 0.15) is 52.1 Å². The fourth-order valence-corrected chi connectivity index (χ4v) is 3.06. The van der Waals surface area contributed by atoms with E-state index in [0.29, 0.717) is 18.2 Å². The maximum atomic E-state index is 12.7. The maximum Gasteiger partial charge on any atom is 0.274 e. The fraction of sp³-hybridized carbons (Fsp3) is 0.562. The maximum absolute atomic E-state index is 12.7. The van der Waals surface area contributed by atoms with Crippen molar-refractivity contribution in [2.24, 2.45) is 5.92 Å². The highest BCUT2D eigenvalue weighted by molar-refractivity contribution is 5.93. The second kappa shape index (κ2) is 5.59. The summed E-state index contributed by atoms with van der Waals surface area (Å²) in [5, 5.41) is 11.2. The van der Waals surface area contributed by atoms with E-state index in [2.05, 4.69) is 22.3 Å². The number of nitrogens with one attached hydrogen (secondary N) is 1. The van der Waals surface area contributed by atoms with E-state index >= 15 is 0 Å². The average Bonchev–Trinajstić information content (AvgIpc) is 3.04. The lowest BCUT2D eigenvalue weighted by Gasteiger charge is -2.20. The molecule has 0 saturated heterocycles. The monoisotopic (exact) mass is 302 g/mol. The van der Waals surface area contributed by atoms with Crippen LogP contribution < -0.4 is 0 Å². The summed E-state index contributed by atoms with van der Waals surface area (Å²) in [6.45, 7) is 6.46. The molecule has 0 aromatic carbocycles. The molecule has 2 aromatic heterocycles. The Morgan fingerprint density at radius 3 is 2.91 bits per heavy atom. The molecule has 1 atom stereocenters. The first kappa shape index (κ1) is 14.8. The Bertz CT molecular complexity index is 682. The SMILES string of the molecule is Cc1noc(C)c1CN(C)C(=O)c1n[nH]c2c1C[C@H](C)CC2. The quantitative estimate of drug-likeness (QED) is 0.944. The van der Waals surface area contributed by atoms with Crippen LogP contribution in [-0.2, 0) is 19.4 Å². The summed E-state index contributed by atoms with van der Waals surface area (Å²) >= 11 is 0. The van der Waals surface area contributed by atoms with Crippen molar-refractivity contribution in [3.8, 4) is 0 Å². The molecule has 0 spiro atoms. The lowest BCUT2D eigenvalue weighted by atomic mass is 9.87. The second-order valence-corrected chi connectivity index (χ2v) is 6.34. The summed E-state index contributed by atoms with van der Waals surface area (Å²) in [4.78, 5) is 14.4. The first-order valence-corrected chi connectivity index (χ1v) is 7.70. The van der Waals surface area contributed by atoms with E-state index in [-0.39, 0.29) is 5.91 Å². The van der Waals surface area contributed by atoms with Gasteiger partial charge in [-0.05, 0) is 39.0 Å². The minimum absolute atomic E-state index is 0.0494. The first-order valence-electron chi connectivity index (χ1n) is 7.70. The van der Waals surface area contributed by atoms with Gasteiger partial charge in [0.15, 0.2) is 5.69 Å². The molecule has 22 heavy (non-hydrogen) atoms. The summed E-state index contributed by atoms with van der Waals surface area (Å²) in [6.07, 6.45) is 3.05. The minimum atomic E-state index is -0.0494. The molecule has 1 aliphatic rings. The molecule has 0 unspecified atom stereocenters. The van der Waals surface area contributed by atoms with Crippen LogP contribution in [0.3, 0.4) is 0 Å². The third-order valence-corrected chi connectivity index (χ3v) is 4.52. The number of amides is 1. The zero-order chi connectivity index (χ0) is 15.9. The number of carbonyl (C=O) groups excluding carboxylic acids is 1. The van der Waals surface area contributed by atoms with Gasteiger partial charge in [-0.15, -0.1) is 0 Å². The van der Waals surface area contributed by atoms with E-state index < -0.39 is 0 Å². The lowest BCUT2D eigenvalue weighted by Crippen LogP contribution is -2.28. The van der Waals surface area contributed by atoms with Gasteiger partial charge >= 0.3 is 0 Å². The van der Waals surface area contributed by atoms with Crippen LogP contribution in [0.5, 0.6) is 0 Å². The summed E-state index contributed by atoms with van der Waals surface area (Å²) in [5.74, 6) is 1.31. The summed E-state index contributed by atoms with van der Waals surface area (Å²) in [7, 11) is 1.79. The molecule has 2 aromatic rings. The van der Waals surface area contributed by atoms with Crippen LogP contribution in [-0.4, -0.2) is 33.2 Å². The molecule has 2 heterocycles. The second-order valence-electron chi connectivity index (χ2n) is 6.34. The smallest absolute Gasteiger partial charge is 0.274 e. The summed E-state index contributed by atoms with van der Waals surface area (Å²) in [6, 6.07) is 0. The zero-order valence-electron chi connectivity index (χ0n) is 13.6. The van der Waals surface area contributed by atoms with Crippen molar-refractivity contribution in [3.63, 3.8) is 0 Å². The van der Waals surface area contributed by atoms with Crippen LogP contribution in [0.2, 0.25) is 0 Å². The molecule has 0 saturated carbocycles. The molecular weight excluding hydrogens is 280 g/mol. The normalized spacial score (nSPS) is 17.4. The minimum Gasteiger partial charge on any atom is -0.361 e. The Kier molecular flexibility index (Phi) is 3.76. The van der Waals surface area contributed by atoms with Crippen LogP contribution in [0, 0.1) is 19.8 Å². The molecule has 6 nitrogen and oxygen atoms in total. The number of H-pyrrole nitrogens is 1.